The second-order valence-corrected chi connectivity index (χ2v) is 6.33. The molecule has 0 saturated heterocycles. The predicted octanol–water partition coefficient (Wildman–Crippen LogP) is 4.94. The zero-order valence-corrected chi connectivity index (χ0v) is 15.2. The first-order chi connectivity index (χ1) is 14.1. The van der Waals surface area contributed by atoms with Crippen molar-refractivity contribution in [3.8, 4) is 16.9 Å². The van der Waals surface area contributed by atoms with Crippen LogP contribution in [0.3, 0.4) is 0 Å². The molecule has 4 aromatic rings. The van der Waals surface area contributed by atoms with E-state index in [0.717, 1.165) is 11.3 Å². The van der Waals surface area contributed by atoms with E-state index in [1.54, 1.807) is 29.0 Å². The van der Waals surface area contributed by atoms with Crippen LogP contribution in [0, 0.1) is 5.82 Å². The van der Waals surface area contributed by atoms with Crippen LogP contribution in [0.1, 0.15) is 21.6 Å². The van der Waals surface area contributed by atoms with Gasteiger partial charge in [0.05, 0.1) is 16.9 Å². The van der Waals surface area contributed by atoms with E-state index < -0.39 is 5.97 Å². The molecule has 2 heterocycles. The van der Waals surface area contributed by atoms with E-state index in [0.29, 0.717) is 17.0 Å². The number of para-hydroxylation sites is 1. The van der Waals surface area contributed by atoms with Crippen molar-refractivity contribution in [1.82, 2.24) is 14.8 Å². The molecule has 0 aliphatic rings. The summed E-state index contributed by atoms with van der Waals surface area (Å²) in [5, 5.41) is 13.8. The Bertz CT molecular complexity index is 1200. The van der Waals surface area contributed by atoms with Crippen molar-refractivity contribution in [2.24, 2.45) is 0 Å². The number of hydrogen-bond donors (Lipinski definition) is 1. The second kappa shape index (κ2) is 7.90. The van der Waals surface area contributed by atoms with Crippen LogP contribution in [0.2, 0.25) is 0 Å². The molecule has 29 heavy (non-hydrogen) atoms. The molecule has 4 rings (SSSR count). The fraction of sp³-hybridized carbons (Fsp3) is 0. The van der Waals surface area contributed by atoms with Crippen molar-refractivity contribution >= 4 is 18.1 Å². The van der Waals surface area contributed by atoms with Gasteiger partial charge < -0.3 is 5.11 Å². The predicted molar refractivity (Wildman–Crippen MR) is 109 cm³/mol. The lowest BCUT2D eigenvalue weighted by molar-refractivity contribution is 0.0696. The van der Waals surface area contributed by atoms with Crippen LogP contribution in [0.4, 0.5) is 4.39 Å². The van der Waals surface area contributed by atoms with Gasteiger partial charge in [-0.1, -0.05) is 30.3 Å². The zero-order chi connectivity index (χ0) is 20.2. The number of halogens is 1. The van der Waals surface area contributed by atoms with Crippen LogP contribution >= 0.6 is 0 Å². The molecule has 0 aliphatic heterocycles. The van der Waals surface area contributed by atoms with Gasteiger partial charge in [-0.05, 0) is 48.6 Å². The van der Waals surface area contributed by atoms with Gasteiger partial charge in [0.25, 0.3) is 0 Å². The van der Waals surface area contributed by atoms with Crippen LogP contribution in [0.25, 0.3) is 29.1 Å². The number of carbonyl (C=O) groups is 1. The number of aromatic nitrogens is 3. The van der Waals surface area contributed by atoms with E-state index >= 15 is 0 Å². The third-order valence-corrected chi connectivity index (χ3v) is 4.32. The lowest BCUT2D eigenvalue weighted by Crippen LogP contribution is -1.96. The minimum absolute atomic E-state index is 0.157. The summed E-state index contributed by atoms with van der Waals surface area (Å²) in [6, 6.07) is 18.8. The molecule has 0 amide bonds. The van der Waals surface area contributed by atoms with E-state index in [-0.39, 0.29) is 11.4 Å². The van der Waals surface area contributed by atoms with Crippen LogP contribution in [-0.2, 0) is 0 Å². The maximum atomic E-state index is 13.8. The van der Waals surface area contributed by atoms with E-state index in [2.05, 4.69) is 10.1 Å². The van der Waals surface area contributed by atoms with Crippen LogP contribution in [-0.4, -0.2) is 25.8 Å². The van der Waals surface area contributed by atoms with Gasteiger partial charge >= 0.3 is 5.97 Å². The van der Waals surface area contributed by atoms with Crippen molar-refractivity contribution in [2.75, 3.05) is 0 Å². The van der Waals surface area contributed by atoms with Crippen molar-refractivity contribution in [1.29, 1.82) is 0 Å². The molecular weight excluding hydrogens is 369 g/mol. The third-order valence-electron chi connectivity index (χ3n) is 4.32. The van der Waals surface area contributed by atoms with Gasteiger partial charge in [-0.25, -0.2) is 13.9 Å². The summed E-state index contributed by atoms with van der Waals surface area (Å²) in [6.45, 7) is 0. The largest absolute Gasteiger partial charge is 0.478 e. The van der Waals surface area contributed by atoms with Crippen molar-refractivity contribution in [2.45, 2.75) is 0 Å². The van der Waals surface area contributed by atoms with E-state index in [4.69, 9.17) is 5.11 Å². The first-order valence-corrected chi connectivity index (χ1v) is 8.88. The lowest BCUT2D eigenvalue weighted by Gasteiger charge is -2.00. The standard InChI is InChI=1S/C23H16FN3O2/c24-19-6-4-5-16(13-19)22-18(15-27(26-22)21-7-2-1-3-8-21)9-10-20-14-17(23(28)29)11-12-25-20/h1-15H,(H,28,29)/b10-9+. The number of aromatic carboxylic acids is 1. The number of nitrogens with zero attached hydrogens (tertiary/aromatic N) is 3. The Kier molecular flexibility index (Phi) is 4.99. The number of pyridine rings is 1. The minimum Gasteiger partial charge on any atom is -0.478 e. The molecule has 0 atom stereocenters. The number of carboxylic acids is 1. The smallest absolute Gasteiger partial charge is 0.335 e. The summed E-state index contributed by atoms with van der Waals surface area (Å²) in [5.74, 6) is -1.36. The van der Waals surface area contributed by atoms with Crippen molar-refractivity contribution < 1.29 is 14.3 Å². The van der Waals surface area contributed by atoms with Crippen LogP contribution in [0.5, 0.6) is 0 Å². The molecule has 0 aliphatic carbocycles. The lowest BCUT2D eigenvalue weighted by atomic mass is 10.1. The highest BCUT2D eigenvalue weighted by Crippen LogP contribution is 2.26. The Morgan fingerprint density at radius 1 is 1.00 bits per heavy atom. The average molecular weight is 385 g/mol. The third kappa shape index (κ3) is 4.11. The Morgan fingerprint density at radius 3 is 2.59 bits per heavy atom. The van der Waals surface area contributed by atoms with E-state index in [1.165, 1.54) is 30.5 Å². The topological polar surface area (TPSA) is 68.0 Å². The number of rotatable bonds is 5. The molecule has 0 saturated carbocycles. The molecule has 1 N–H and O–H groups in total. The Morgan fingerprint density at radius 2 is 1.83 bits per heavy atom. The molecule has 142 valence electrons. The average Bonchev–Trinajstić information content (AvgIpc) is 3.17. The SMILES string of the molecule is O=C(O)c1ccnc(/C=C/c2cn(-c3ccccc3)nc2-c2cccc(F)c2)c1. The molecule has 0 radical (unpaired) electrons. The van der Waals surface area contributed by atoms with E-state index in [9.17, 15) is 9.18 Å². The summed E-state index contributed by atoms with van der Waals surface area (Å²) in [4.78, 5) is 15.3. The van der Waals surface area contributed by atoms with Crippen molar-refractivity contribution in [3.63, 3.8) is 0 Å². The van der Waals surface area contributed by atoms with Crippen LogP contribution in [0.15, 0.2) is 79.1 Å². The Hall–Kier alpha value is -4.06. The molecule has 0 spiro atoms. The maximum absolute atomic E-state index is 13.8. The maximum Gasteiger partial charge on any atom is 0.335 e. The quantitative estimate of drug-likeness (QED) is 0.528. The van der Waals surface area contributed by atoms with Gasteiger partial charge in [0.2, 0.25) is 0 Å². The minimum atomic E-state index is -1.01. The normalized spacial score (nSPS) is 11.1. The number of benzene rings is 2. The van der Waals surface area contributed by atoms with Gasteiger partial charge in [0.1, 0.15) is 11.5 Å². The van der Waals surface area contributed by atoms with Gasteiger partial charge in [-0.3, -0.25) is 4.98 Å². The Labute approximate surface area is 166 Å². The first kappa shape index (κ1) is 18.3. The number of hydrogen-bond acceptors (Lipinski definition) is 3. The fourth-order valence-electron chi connectivity index (χ4n) is 2.93. The summed E-state index contributed by atoms with van der Waals surface area (Å²) in [5.41, 5.74) is 3.54. The van der Waals surface area contributed by atoms with Gasteiger partial charge in [0, 0.05) is 23.5 Å². The molecule has 6 heteroatoms. The molecule has 0 unspecified atom stereocenters. The second-order valence-electron chi connectivity index (χ2n) is 6.33. The molecule has 0 bridgehead atoms. The highest BCUT2D eigenvalue weighted by atomic mass is 19.1. The monoisotopic (exact) mass is 385 g/mol. The fourth-order valence-corrected chi connectivity index (χ4v) is 2.93. The van der Waals surface area contributed by atoms with Gasteiger partial charge in [-0.2, -0.15) is 5.10 Å². The summed E-state index contributed by atoms with van der Waals surface area (Å²) in [6.07, 6.45) is 6.79. The summed E-state index contributed by atoms with van der Waals surface area (Å²) in [7, 11) is 0. The summed E-state index contributed by atoms with van der Waals surface area (Å²) >= 11 is 0. The Balaban J connectivity index is 1.78. The number of carboxylic acid groups (broad SMARTS) is 1. The van der Waals surface area contributed by atoms with Gasteiger partial charge in [-0.15, -0.1) is 0 Å². The highest BCUT2D eigenvalue weighted by molar-refractivity contribution is 5.88. The zero-order valence-electron chi connectivity index (χ0n) is 15.2. The molecule has 2 aromatic heterocycles. The molecular formula is C23H16FN3O2. The molecule has 5 nitrogen and oxygen atoms in total. The first-order valence-electron chi connectivity index (χ1n) is 8.88. The highest BCUT2D eigenvalue weighted by Gasteiger charge is 2.11. The van der Waals surface area contributed by atoms with Crippen LogP contribution < -0.4 is 0 Å². The molecule has 2 aromatic carbocycles. The molecule has 0 fully saturated rings. The van der Waals surface area contributed by atoms with Gasteiger partial charge in [0.15, 0.2) is 0 Å². The summed E-state index contributed by atoms with van der Waals surface area (Å²) < 4.78 is 15.5. The van der Waals surface area contributed by atoms with E-state index in [1.807, 2.05) is 36.5 Å². The van der Waals surface area contributed by atoms with Crippen molar-refractivity contribution in [3.05, 3.63) is 102 Å².